The topological polar surface area (TPSA) is 20.2 Å². The summed E-state index contributed by atoms with van der Waals surface area (Å²) in [6, 6.07) is 0. The molecule has 1 heteroatoms. The van der Waals surface area contributed by atoms with E-state index >= 15 is 0 Å². The Labute approximate surface area is 56.4 Å². The first kappa shape index (κ1) is 6.81. The Morgan fingerprint density at radius 1 is 1.78 bits per heavy atom. The average molecular weight is 126 g/mol. The summed E-state index contributed by atoms with van der Waals surface area (Å²) in [5.41, 5.74) is 1.45. The summed E-state index contributed by atoms with van der Waals surface area (Å²) < 4.78 is 0. The molecule has 0 aromatic carbocycles. The van der Waals surface area contributed by atoms with Crippen molar-refractivity contribution in [2.75, 3.05) is 0 Å². The third kappa shape index (κ3) is 1.83. The minimum atomic E-state index is -0.133. The highest BCUT2D eigenvalue weighted by atomic mass is 16.3. The average Bonchev–Trinajstić information content (AvgIpc) is 2.17. The van der Waals surface area contributed by atoms with Gasteiger partial charge in [0.2, 0.25) is 0 Å². The summed E-state index contributed by atoms with van der Waals surface area (Å²) in [4.78, 5) is 0. The summed E-state index contributed by atoms with van der Waals surface area (Å²) >= 11 is 0. The first-order valence-corrected chi connectivity index (χ1v) is 3.70. The molecule has 1 aliphatic rings. The van der Waals surface area contributed by atoms with Crippen molar-refractivity contribution >= 4 is 0 Å². The number of aliphatic hydroxyl groups is 1. The molecule has 0 fully saturated rings. The van der Waals surface area contributed by atoms with Gasteiger partial charge in [-0.05, 0) is 19.3 Å². The van der Waals surface area contributed by atoms with Crippen molar-refractivity contribution < 1.29 is 5.11 Å². The Kier molecular flexibility index (Phi) is 2.29. The molecule has 1 nitrogen and oxygen atoms in total. The smallest absolute Gasteiger partial charge is 0.0726 e. The quantitative estimate of drug-likeness (QED) is 0.560. The molecule has 0 bridgehead atoms. The van der Waals surface area contributed by atoms with Crippen LogP contribution in [0.15, 0.2) is 11.6 Å². The summed E-state index contributed by atoms with van der Waals surface area (Å²) in [5.74, 6) is 0. The van der Waals surface area contributed by atoms with Gasteiger partial charge < -0.3 is 5.11 Å². The third-order valence-electron chi connectivity index (χ3n) is 1.76. The lowest BCUT2D eigenvalue weighted by Gasteiger charge is -1.93. The molecule has 1 N–H and O–H groups in total. The molecule has 9 heavy (non-hydrogen) atoms. The molecular weight excluding hydrogens is 112 g/mol. The molecule has 0 aromatic rings. The second-order valence-electron chi connectivity index (χ2n) is 2.68. The first-order valence-electron chi connectivity index (χ1n) is 3.70. The highest BCUT2D eigenvalue weighted by molar-refractivity contribution is 5.11. The van der Waals surface area contributed by atoms with Crippen LogP contribution in [0.4, 0.5) is 0 Å². The van der Waals surface area contributed by atoms with Crippen LogP contribution >= 0.6 is 0 Å². The maximum absolute atomic E-state index is 9.05. The molecule has 0 spiro atoms. The van der Waals surface area contributed by atoms with Crippen LogP contribution in [-0.4, -0.2) is 11.2 Å². The van der Waals surface area contributed by atoms with Crippen LogP contribution in [0.25, 0.3) is 0 Å². The molecule has 0 saturated heterocycles. The van der Waals surface area contributed by atoms with Gasteiger partial charge in [-0.1, -0.05) is 25.0 Å². The summed E-state index contributed by atoms with van der Waals surface area (Å²) in [5, 5.41) is 9.05. The van der Waals surface area contributed by atoms with E-state index in [0.717, 1.165) is 12.8 Å². The van der Waals surface area contributed by atoms with E-state index in [2.05, 4.69) is 6.92 Å². The van der Waals surface area contributed by atoms with Crippen LogP contribution in [0.1, 0.15) is 32.6 Å². The zero-order valence-electron chi connectivity index (χ0n) is 5.93. The van der Waals surface area contributed by atoms with Crippen LogP contribution in [-0.2, 0) is 0 Å². The molecule has 0 heterocycles. The van der Waals surface area contributed by atoms with E-state index in [1.165, 1.54) is 18.4 Å². The van der Waals surface area contributed by atoms with E-state index in [-0.39, 0.29) is 6.10 Å². The third-order valence-corrected chi connectivity index (χ3v) is 1.76. The van der Waals surface area contributed by atoms with Crippen LogP contribution in [0.3, 0.4) is 0 Å². The van der Waals surface area contributed by atoms with E-state index in [1.807, 2.05) is 6.08 Å². The molecule has 1 unspecified atom stereocenters. The second kappa shape index (κ2) is 3.02. The van der Waals surface area contributed by atoms with Crippen molar-refractivity contribution in [1.82, 2.24) is 0 Å². The zero-order chi connectivity index (χ0) is 6.69. The van der Waals surface area contributed by atoms with Crippen molar-refractivity contribution in [3.05, 3.63) is 11.6 Å². The molecule has 52 valence electrons. The molecule has 1 atom stereocenters. The molecule has 0 radical (unpaired) electrons. The monoisotopic (exact) mass is 126 g/mol. The highest BCUT2D eigenvalue weighted by Crippen LogP contribution is 2.21. The number of rotatable bonds is 2. The Balaban J connectivity index is 2.33. The normalized spacial score (nSPS) is 26.4. The van der Waals surface area contributed by atoms with Gasteiger partial charge in [-0.15, -0.1) is 0 Å². The van der Waals surface area contributed by atoms with Gasteiger partial charge in [-0.3, -0.25) is 0 Å². The molecule has 1 rings (SSSR count). The standard InChI is InChI=1S/C8H14O/c1-2-3-7-4-5-8(9)6-7/h6,8-9H,2-5H2,1H3. The molecule has 0 aliphatic heterocycles. The molecule has 0 amide bonds. The van der Waals surface area contributed by atoms with Gasteiger partial charge in [-0.25, -0.2) is 0 Å². The van der Waals surface area contributed by atoms with Gasteiger partial charge in [-0.2, -0.15) is 0 Å². The lowest BCUT2D eigenvalue weighted by Crippen LogP contribution is -1.93. The molecule has 1 aliphatic carbocycles. The predicted molar refractivity (Wildman–Crippen MR) is 38.2 cm³/mol. The minimum Gasteiger partial charge on any atom is -0.389 e. The van der Waals surface area contributed by atoms with E-state index in [1.54, 1.807) is 0 Å². The van der Waals surface area contributed by atoms with Crippen LogP contribution < -0.4 is 0 Å². The SMILES string of the molecule is CCCC1=CC(O)CC1. The molecule has 0 saturated carbocycles. The van der Waals surface area contributed by atoms with Crippen molar-refractivity contribution in [2.45, 2.75) is 38.7 Å². The summed E-state index contributed by atoms with van der Waals surface area (Å²) in [6.45, 7) is 2.17. The van der Waals surface area contributed by atoms with Crippen molar-refractivity contribution in [3.8, 4) is 0 Å². The number of hydrogen-bond acceptors (Lipinski definition) is 1. The second-order valence-corrected chi connectivity index (χ2v) is 2.68. The Bertz CT molecular complexity index is 116. The number of allylic oxidation sites excluding steroid dienone is 1. The van der Waals surface area contributed by atoms with Crippen LogP contribution in [0, 0.1) is 0 Å². The van der Waals surface area contributed by atoms with Crippen molar-refractivity contribution in [3.63, 3.8) is 0 Å². The van der Waals surface area contributed by atoms with E-state index < -0.39 is 0 Å². The fourth-order valence-corrected chi connectivity index (χ4v) is 1.30. The van der Waals surface area contributed by atoms with Crippen LogP contribution in [0.2, 0.25) is 0 Å². The van der Waals surface area contributed by atoms with E-state index in [4.69, 9.17) is 5.11 Å². The number of aliphatic hydroxyl groups excluding tert-OH is 1. The molecular formula is C8H14O. The Morgan fingerprint density at radius 3 is 3.00 bits per heavy atom. The minimum absolute atomic E-state index is 0.133. The highest BCUT2D eigenvalue weighted by Gasteiger charge is 2.10. The zero-order valence-corrected chi connectivity index (χ0v) is 5.93. The van der Waals surface area contributed by atoms with Crippen molar-refractivity contribution in [1.29, 1.82) is 0 Å². The summed E-state index contributed by atoms with van der Waals surface area (Å²) in [6.07, 6.45) is 6.33. The Hall–Kier alpha value is -0.300. The largest absolute Gasteiger partial charge is 0.389 e. The van der Waals surface area contributed by atoms with Gasteiger partial charge in [0.05, 0.1) is 6.10 Å². The van der Waals surface area contributed by atoms with Gasteiger partial charge in [0.15, 0.2) is 0 Å². The van der Waals surface area contributed by atoms with Gasteiger partial charge in [0.1, 0.15) is 0 Å². The maximum atomic E-state index is 9.05. The van der Waals surface area contributed by atoms with Gasteiger partial charge in [0, 0.05) is 0 Å². The van der Waals surface area contributed by atoms with E-state index in [0.29, 0.717) is 0 Å². The maximum Gasteiger partial charge on any atom is 0.0726 e. The lowest BCUT2D eigenvalue weighted by molar-refractivity contribution is 0.223. The first-order chi connectivity index (χ1) is 4.33. The van der Waals surface area contributed by atoms with Crippen molar-refractivity contribution in [2.24, 2.45) is 0 Å². The predicted octanol–water partition coefficient (Wildman–Crippen LogP) is 1.87. The van der Waals surface area contributed by atoms with Crippen LogP contribution in [0.5, 0.6) is 0 Å². The molecule has 0 aromatic heterocycles. The lowest BCUT2D eigenvalue weighted by atomic mass is 10.1. The number of hydrogen-bond donors (Lipinski definition) is 1. The fraction of sp³-hybridized carbons (Fsp3) is 0.750. The van der Waals surface area contributed by atoms with E-state index in [9.17, 15) is 0 Å². The van der Waals surface area contributed by atoms with Gasteiger partial charge in [0.25, 0.3) is 0 Å². The summed E-state index contributed by atoms with van der Waals surface area (Å²) in [7, 11) is 0. The fourth-order valence-electron chi connectivity index (χ4n) is 1.30. The van der Waals surface area contributed by atoms with Gasteiger partial charge >= 0.3 is 0 Å². The Morgan fingerprint density at radius 2 is 2.56 bits per heavy atom.